The molecule has 0 aliphatic carbocycles. The van der Waals surface area contributed by atoms with Gasteiger partial charge in [-0.25, -0.2) is 4.99 Å². The zero-order chi connectivity index (χ0) is 17.1. The highest BCUT2D eigenvalue weighted by molar-refractivity contribution is 6.07. The molecule has 0 aromatic heterocycles. The number of carbonyl (C=O) groups excluding carboxylic acids is 2. The van der Waals surface area contributed by atoms with Crippen molar-refractivity contribution < 1.29 is 24.2 Å². The molecule has 0 bridgehead atoms. The third-order valence-electron chi connectivity index (χ3n) is 3.84. The van der Waals surface area contributed by atoms with E-state index in [1.165, 1.54) is 6.92 Å². The standard InChI is InChI=1S/C16H19N3O5/c1-10(21)23-5-2-6-24-12-3-4-13-11(7-12)8-19-14(9-20)15(22)18-16(19)17-13/h3-4,7,14,20H,2,5-6,8-9H2,1H3,(H,17,18,22). The van der Waals surface area contributed by atoms with E-state index in [1.807, 2.05) is 18.2 Å². The largest absolute Gasteiger partial charge is 0.493 e. The van der Waals surface area contributed by atoms with E-state index in [9.17, 15) is 14.7 Å². The lowest BCUT2D eigenvalue weighted by Crippen LogP contribution is -2.39. The third-order valence-corrected chi connectivity index (χ3v) is 3.84. The molecule has 2 aliphatic heterocycles. The fraction of sp³-hybridized carbons (Fsp3) is 0.438. The van der Waals surface area contributed by atoms with Crippen LogP contribution in [-0.2, 0) is 20.9 Å². The number of rotatable bonds is 6. The predicted octanol–water partition coefficient (Wildman–Crippen LogP) is 0.312. The molecule has 8 nitrogen and oxygen atoms in total. The maximum absolute atomic E-state index is 11.8. The Morgan fingerprint density at radius 1 is 1.46 bits per heavy atom. The molecule has 1 amide bonds. The topological polar surface area (TPSA) is 100 Å². The summed E-state index contributed by atoms with van der Waals surface area (Å²) in [4.78, 5) is 28.6. The molecule has 1 atom stereocenters. The van der Waals surface area contributed by atoms with E-state index in [1.54, 1.807) is 4.90 Å². The van der Waals surface area contributed by atoms with Crippen molar-refractivity contribution in [2.45, 2.75) is 25.9 Å². The molecule has 1 aromatic rings. The molecule has 128 valence electrons. The Bertz CT molecular complexity index is 688. The number of nitrogens with one attached hydrogen (secondary N) is 1. The van der Waals surface area contributed by atoms with Crippen LogP contribution in [0.15, 0.2) is 23.2 Å². The van der Waals surface area contributed by atoms with Gasteiger partial charge in [0.05, 0.1) is 25.5 Å². The molecule has 8 heteroatoms. The van der Waals surface area contributed by atoms with Crippen LogP contribution in [0, 0.1) is 0 Å². The maximum atomic E-state index is 11.8. The molecule has 1 unspecified atom stereocenters. The van der Waals surface area contributed by atoms with Crippen molar-refractivity contribution in [2.24, 2.45) is 4.99 Å². The minimum atomic E-state index is -0.606. The number of benzene rings is 1. The summed E-state index contributed by atoms with van der Waals surface area (Å²) in [6.07, 6.45) is 0.607. The zero-order valence-corrected chi connectivity index (χ0v) is 13.3. The molecule has 1 saturated heterocycles. The summed E-state index contributed by atoms with van der Waals surface area (Å²) in [7, 11) is 0. The van der Waals surface area contributed by atoms with Gasteiger partial charge in [-0.15, -0.1) is 0 Å². The fourth-order valence-corrected chi connectivity index (χ4v) is 2.66. The van der Waals surface area contributed by atoms with Gasteiger partial charge in [0, 0.05) is 25.5 Å². The normalized spacial score (nSPS) is 18.4. The Kier molecular flexibility index (Phi) is 4.66. The lowest BCUT2D eigenvalue weighted by Gasteiger charge is -2.27. The molecular weight excluding hydrogens is 314 g/mol. The van der Waals surface area contributed by atoms with Crippen molar-refractivity contribution in [2.75, 3.05) is 19.8 Å². The van der Waals surface area contributed by atoms with Crippen LogP contribution >= 0.6 is 0 Å². The van der Waals surface area contributed by atoms with Crippen molar-refractivity contribution in [3.63, 3.8) is 0 Å². The van der Waals surface area contributed by atoms with Crippen molar-refractivity contribution in [3.8, 4) is 5.75 Å². The molecule has 24 heavy (non-hydrogen) atoms. The van der Waals surface area contributed by atoms with Gasteiger partial charge in [-0.3, -0.25) is 14.9 Å². The van der Waals surface area contributed by atoms with Crippen LogP contribution in [0.5, 0.6) is 5.75 Å². The first-order valence-corrected chi connectivity index (χ1v) is 7.74. The summed E-state index contributed by atoms with van der Waals surface area (Å²) in [6.45, 7) is 2.35. The number of hydrogen-bond acceptors (Lipinski definition) is 7. The summed E-state index contributed by atoms with van der Waals surface area (Å²) < 4.78 is 10.5. The lowest BCUT2D eigenvalue weighted by atomic mass is 10.1. The van der Waals surface area contributed by atoms with Gasteiger partial charge in [0.25, 0.3) is 5.91 Å². The number of hydrogen-bond donors (Lipinski definition) is 2. The smallest absolute Gasteiger partial charge is 0.302 e. The minimum Gasteiger partial charge on any atom is -0.493 e. The summed E-state index contributed by atoms with van der Waals surface area (Å²) in [5.41, 5.74) is 1.69. The quantitative estimate of drug-likeness (QED) is 0.574. The molecule has 2 heterocycles. The Morgan fingerprint density at radius 2 is 2.29 bits per heavy atom. The number of fused-ring (bicyclic) bond motifs is 2. The summed E-state index contributed by atoms with van der Waals surface area (Å²) >= 11 is 0. The van der Waals surface area contributed by atoms with Crippen molar-refractivity contribution >= 4 is 23.5 Å². The Hall–Kier alpha value is -2.61. The highest BCUT2D eigenvalue weighted by atomic mass is 16.5. The van der Waals surface area contributed by atoms with Crippen molar-refractivity contribution in [1.29, 1.82) is 0 Å². The van der Waals surface area contributed by atoms with Crippen molar-refractivity contribution in [1.82, 2.24) is 10.2 Å². The minimum absolute atomic E-state index is 0.244. The first kappa shape index (κ1) is 16.3. The molecule has 0 spiro atoms. The number of aliphatic imine (C=N–C) groups is 1. The van der Waals surface area contributed by atoms with Crippen LogP contribution < -0.4 is 10.1 Å². The zero-order valence-electron chi connectivity index (χ0n) is 13.3. The van der Waals surface area contributed by atoms with Gasteiger partial charge in [0.15, 0.2) is 0 Å². The lowest BCUT2D eigenvalue weighted by molar-refractivity contribution is -0.141. The van der Waals surface area contributed by atoms with E-state index in [2.05, 4.69) is 10.3 Å². The Balaban J connectivity index is 1.63. The summed E-state index contributed by atoms with van der Waals surface area (Å²) in [5.74, 6) is 0.617. The molecule has 1 aromatic carbocycles. The Morgan fingerprint density at radius 3 is 3.04 bits per heavy atom. The van der Waals surface area contributed by atoms with Crippen LogP contribution in [0.25, 0.3) is 0 Å². The van der Waals surface area contributed by atoms with Gasteiger partial charge < -0.3 is 19.5 Å². The SMILES string of the molecule is CC(=O)OCCCOc1ccc2c(c1)CN1C(=N2)NC(=O)C1CO. The van der Waals surface area contributed by atoms with Gasteiger partial charge in [0.2, 0.25) is 5.96 Å². The number of ether oxygens (including phenoxy) is 2. The van der Waals surface area contributed by atoms with Gasteiger partial charge in [-0.2, -0.15) is 0 Å². The second kappa shape index (κ2) is 6.88. The second-order valence-corrected chi connectivity index (χ2v) is 5.58. The van der Waals surface area contributed by atoms with E-state index in [0.29, 0.717) is 37.9 Å². The summed E-state index contributed by atoms with van der Waals surface area (Å²) in [5, 5.41) is 12.0. The van der Waals surface area contributed by atoms with Crippen LogP contribution in [-0.4, -0.2) is 53.7 Å². The molecule has 0 saturated carbocycles. The highest BCUT2D eigenvalue weighted by Gasteiger charge is 2.38. The van der Waals surface area contributed by atoms with E-state index in [4.69, 9.17) is 9.47 Å². The van der Waals surface area contributed by atoms with Crippen LogP contribution in [0.1, 0.15) is 18.9 Å². The average molecular weight is 333 g/mol. The van der Waals surface area contributed by atoms with E-state index in [0.717, 1.165) is 11.3 Å². The molecule has 0 radical (unpaired) electrons. The monoisotopic (exact) mass is 333 g/mol. The third kappa shape index (κ3) is 3.33. The average Bonchev–Trinajstić information content (AvgIpc) is 2.86. The summed E-state index contributed by atoms with van der Waals surface area (Å²) in [6, 6.07) is 4.91. The molecule has 1 fully saturated rings. The molecule has 3 rings (SSSR count). The van der Waals surface area contributed by atoms with E-state index >= 15 is 0 Å². The van der Waals surface area contributed by atoms with Crippen LogP contribution in [0.2, 0.25) is 0 Å². The molecule has 2 N–H and O–H groups in total. The van der Waals surface area contributed by atoms with Gasteiger partial charge in [0.1, 0.15) is 11.8 Å². The number of guanidine groups is 1. The molecular formula is C16H19N3O5. The van der Waals surface area contributed by atoms with E-state index < -0.39 is 6.04 Å². The number of esters is 1. The second-order valence-electron chi connectivity index (χ2n) is 5.58. The fourth-order valence-electron chi connectivity index (χ4n) is 2.66. The number of aliphatic hydroxyl groups excluding tert-OH is 1. The first-order valence-electron chi connectivity index (χ1n) is 7.74. The van der Waals surface area contributed by atoms with Crippen LogP contribution in [0.4, 0.5) is 5.69 Å². The predicted molar refractivity (Wildman–Crippen MR) is 84.8 cm³/mol. The van der Waals surface area contributed by atoms with Gasteiger partial charge >= 0.3 is 5.97 Å². The highest BCUT2D eigenvalue weighted by Crippen LogP contribution is 2.31. The number of amides is 1. The number of carbonyl (C=O) groups is 2. The van der Waals surface area contributed by atoms with E-state index in [-0.39, 0.29) is 18.5 Å². The van der Waals surface area contributed by atoms with Crippen molar-refractivity contribution in [3.05, 3.63) is 23.8 Å². The maximum Gasteiger partial charge on any atom is 0.302 e. The first-order chi connectivity index (χ1) is 11.6. The van der Waals surface area contributed by atoms with Gasteiger partial charge in [-0.1, -0.05) is 0 Å². The number of nitrogens with zero attached hydrogens (tertiary/aromatic N) is 2. The Labute approximate surface area is 139 Å². The van der Waals surface area contributed by atoms with Gasteiger partial charge in [-0.05, 0) is 18.2 Å². The molecule has 2 aliphatic rings. The number of aliphatic hydroxyl groups is 1. The van der Waals surface area contributed by atoms with Crippen LogP contribution in [0.3, 0.4) is 0 Å².